The average Bonchev–Trinajstić information content (AvgIpc) is 3.34. The number of benzene rings is 1. The van der Waals surface area contributed by atoms with Gasteiger partial charge >= 0.3 is 0 Å². The first-order chi connectivity index (χ1) is 11.8. The van der Waals surface area contributed by atoms with Crippen molar-refractivity contribution >= 4 is 5.91 Å². The molecule has 2 aliphatic heterocycles. The standard InChI is InChI=1S/C18H20N2O4/c21-18(19-10-14-5-3-9-22-14)15-6-2-8-20(15)11-13-4-1-7-16-17(13)24-12-23-16/h1,3-5,7,9,15H,2,6,8,10-12H2,(H,19,21). The molecule has 1 N–H and O–H groups in total. The van der Waals surface area contributed by atoms with Crippen molar-refractivity contribution in [2.75, 3.05) is 13.3 Å². The van der Waals surface area contributed by atoms with Crippen molar-refractivity contribution in [2.24, 2.45) is 0 Å². The summed E-state index contributed by atoms with van der Waals surface area (Å²) >= 11 is 0. The minimum atomic E-state index is -0.113. The third kappa shape index (κ3) is 2.97. The van der Waals surface area contributed by atoms with E-state index in [1.165, 1.54) is 0 Å². The van der Waals surface area contributed by atoms with Crippen molar-refractivity contribution < 1.29 is 18.7 Å². The molecule has 2 aliphatic rings. The predicted molar refractivity (Wildman–Crippen MR) is 86.6 cm³/mol. The third-order valence-electron chi connectivity index (χ3n) is 4.53. The molecule has 6 nitrogen and oxygen atoms in total. The van der Waals surface area contributed by atoms with Gasteiger partial charge in [0.05, 0.1) is 18.8 Å². The summed E-state index contributed by atoms with van der Waals surface area (Å²) in [4.78, 5) is 14.7. The molecule has 3 heterocycles. The van der Waals surface area contributed by atoms with Gasteiger partial charge in [-0.1, -0.05) is 12.1 Å². The highest BCUT2D eigenvalue weighted by atomic mass is 16.7. The van der Waals surface area contributed by atoms with Crippen molar-refractivity contribution in [3.05, 3.63) is 47.9 Å². The Labute approximate surface area is 140 Å². The van der Waals surface area contributed by atoms with E-state index in [0.717, 1.165) is 42.2 Å². The van der Waals surface area contributed by atoms with E-state index < -0.39 is 0 Å². The molecule has 0 spiro atoms. The first-order valence-corrected chi connectivity index (χ1v) is 8.23. The maximum Gasteiger partial charge on any atom is 0.237 e. The van der Waals surface area contributed by atoms with Gasteiger partial charge in [-0.25, -0.2) is 0 Å². The van der Waals surface area contributed by atoms with Gasteiger partial charge in [-0.15, -0.1) is 0 Å². The largest absolute Gasteiger partial charge is 0.467 e. The molecule has 126 valence electrons. The number of fused-ring (bicyclic) bond motifs is 1. The Morgan fingerprint density at radius 1 is 1.25 bits per heavy atom. The molecule has 0 bridgehead atoms. The number of carbonyl (C=O) groups is 1. The van der Waals surface area contributed by atoms with E-state index in [2.05, 4.69) is 10.2 Å². The van der Waals surface area contributed by atoms with Crippen LogP contribution in [0.15, 0.2) is 41.0 Å². The lowest BCUT2D eigenvalue weighted by Gasteiger charge is -2.24. The van der Waals surface area contributed by atoms with Crippen molar-refractivity contribution in [3.63, 3.8) is 0 Å². The minimum absolute atomic E-state index is 0.0497. The molecule has 0 radical (unpaired) electrons. The molecule has 1 aromatic carbocycles. The molecule has 6 heteroatoms. The summed E-state index contributed by atoms with van der Waals surface area (Å²) in [6.45, 7) is 2.28. The summed E-state index contributed by atoms with van der Waals surface area (Å²) < 4.78 is 16.3. The fourth-order valence-electron chi connectivity index (χ4n) is 3.35. The molecule has 2 aromatic rings. The van der Waals surface area contributed by atoms with Crippen molar-refractivity contribution in [1.82, 2.24) is 10.2 Å². The number of carbonyl (C=O) groups excluding carboxylic acids is 1. The van der Waals surface area contributed by atoms with Gasteiger partial charge in [-0.2, -0.15) is 0 Å². The van der Waals surface area contributed by atoms with E-state index in [0.29, 0.717) is 13.1 Å². The van der Waals surface area contributed by atoms with E-state index in [9.17, 15) is 4.79 Å². The number of hydrogen-bond donors (Lipinski definition) is 1. The molecular weight excluding hydrogens is 308 g/mol. The average molecular weight is 328 g/mol. The fraction of sp³-hybridized carbons (Fsp3) is 0.389. The van der Waals surface area contributed by atoms with Crippen molar-refractivity contribution in [3.8, 4) is 11.5 Å². The summed E-state index contributed by atoms with van der Waals surface area (Å²) in [6.07, 6.45) is 3.50. The first kappa shape index (κ1) is 15.1. The summed E-state index contributed by atoms with van der Waals surface area (Å²) in [5, 5.41) is 2.96. The quantitative estimate of drug-likeness (QED) is 0.912. The van der Waals surface area contributed by atoms with Crippen LogP contribution in [0.5, 0.6) is 11.5 Å². The molecule has 1 saturated heterocycles. The van der Waals surface area contributed by atoms with Crippen molar-refractivity contribution in [2.45, 2.75) is 32.0 Å². The van der Waals surface area contributed by atoms with Crippen LogP contribution in [0.3, 0.4) is 0 Å². The SMILES string of the molecule is O=C(NCc1ccco1)C1CCCN1Cc1cccc2c1OCO2. The lowest BCUT2D eigenvalue weighted by Crippen LogP contribution is -2.42. The normalized spacial score (nSPS) is 19.6. The van der Waals surface area contributed by atoms with Gasteiger partial charge in [0.25, 0.3) is 0 Å². The molecule has 1 aromatic heterocycles. The number of nitrogens with one attached hydrogen (secondary N) is 1. The van der Waals surface area contributed by atoms with E-state index in [1.807, 2.05) is 30.3 Å². The van der Waals surface area contributed by atoms with Crippen LogP contribution in [0.1, 0.15) is 24.2 Å². The van der Waals surface area contributed by atoms with Gasteiger partial charge in [0.1, 0.15) is 5.76 Å². The van der Waals surface area contributed by atoms with Crippen LogP contribution in [-0.2, 0) is 17.9 Å². The van der Waals surface area contributed by atoms with Crippen LogP contribution in [-0.4, -0.2) is 30.2 Å². The van der Waals surface area contributed by atoms with Crippen molar-refractivity contribution in [1.29, 1.82) is 0 Å². The monoisotopic (exact) mass is 328 g/mol. The van der Waals surface area contributed by atoms with Gasteiger partial charge in [0.2, 0.25) is 12.7 Å². The van der Waals surface area contributed by atoms with Gasteiger partial charge in [-0.05, 0) is 37.6 Å². The summed E-state index contributed by atoms with van der Waals surface area (Å²) in [7, 11) is 0. The third-order valence-corrected chi connectivity index (χ3v) is 4.53. The topological polar surface area (TPSA) is 63.9 Å². The Bertz CT molecular complexity index is 714. The summed E-state index contributed by atoms with van der Waals surface area (Å²) in [5.41, 5.74) is 1.07. The van der Waals surface area contributed by atoms with Gasteiger partial charge in [-0.3, -0.25) is 9.69 Å². The Kier molecular flexibility index (Phi) is 4.13. The number of ether oxygens (including phenoxy) is 2. The Morgan fingerprint density at radius 3 is 3.08 bits per heavy atom. The smallest absolute Gasteiger partial charge is 0.237 e. The van der Waals surface area contributed by atoms with Crippen LogP contribution in [0.25, 0.3) is 0 Å². The molecule has 1 unspecified atom stereocenters. The molecule has 1 fully saturated rings. The highest BCUT2D eigenvalue weighted by Gasteiger charge is 2.31. The zero-order valence-corrected chi connectivity index (χ0v) is 13.4. The zero-order chi connectivity index (χ0) is 16.4. The fourth-order valence-corrected chi connectivity index (χ4v) is 3.35. The maximum atomic E-state index is 12.5. The number of nitrogens with zero attached hydrogens (tertiary/aromatic N) is 1. The summed E-state index contributed by atoms with van der Waals surface area (Å²) in [5.74, 6) is 2.40. The first-order valence-electron chi connectivity index (χ1n) is 8.23. The van der Waals surface area contributed by atoms with Crippen LogP contribution in [0.4, 0.5) is 0 Å². The van der Waals surface area contributed by atoms with Gasteiger partial charge < -0.3 is 19.2 Å². The Balaban J connectivity index is 1.41. The van der Waals surface area contributed by atoms with E-state index in [4.69, 9.17) is 13.9 Å². The lowest BCUT2D eigenvalue weighted by atomic mass is 10.1. The highest BCUT2D eigenvalue weighted by molar-refractivity contribution is 5.82. The number of amides is 1. The highest BCUT2D eigenvalue weighted by Crippen LogP contribution is 2.36. The Hall–Kier alpha value is -2.47. The molecule has 1 amide bonds. The zero-order valence-electron chi connectivity index (χ0n) is 13.4. The minimum Gasteiger partial charge on any atom is -0.467 e. The van der Waals surface area contributed by atoms with E-state index in [1.54, 1.807) is 6.26 Å². The second-order valence-corrected chi connectivity index (χ2v) is 6.08. The number of furan rings is 1. The number of rotatable bonds is 5. The van der Waals surface area contributed by atoms with Gasteiger partial charge in [0, 0.05) is 12.1 Å². The second-order valence-electron chi connectivity index (χ2n) is 6.08. The molecule has 24 heavy (non-hydrogen) atoms. The molecule has 0 saturated carbocycles. The maximum absolute atomic E-state index is 12.5. The molecule has 0 aliphatic carbocycles. The Morgan fingerprint density at radius 2 is 2.21 bits per heavy atom. The van der Waals surface area contributed by atoms with Crippen LogP contribution in [0.2, 0.25) is 0 Å². The molecule has 1 atom stereocenters. The second kappa shape index (κ2) is 6.57. The summed E-state index contributed by atoms with van der Waals surface area (Å²) in [6, 6.07) is 9.47. The predicted octanol–water partition coefficient (Wildman–Crippen LogP) is 2.29. The van der Waals surface area contributed by atoms with Gasteiger partial charge in [0.15, 0.2) is 11.5 Å². The molecular formula is C18H20N2O4. The lowest BCUT2D eigenvalue weighted by molar-refractivity contribution is -0.125. The number of para-hydroxylation sites is 1. The van der Waals surface area contributed by atoms with E-state index >= 15 is 0 Å². The van der Waals surface area contributed by atoms with Crippen LogP contribution >= 0.6 is 0 Å². The molecule has 4 rings (SSSR count). The van der Waals surface area contributed by atoms with E-state index in [-0.39, 0.29) is 18.7 Å². The number of likely N-dealkylation sites (tertiary alicyclic amines) is 1. The van der Waals surface area contributed by atoms with Crippen LogP contribution < -0.4 is 14.8 Å². The van der Waals surface area contributed by atoms with Crippen LogP contribution in [0, 0.1) is 0 Å². The number of hydrogen-bond acceptors (Lipinski definition) is 5.